The topological polar surface area (TPSA) is 67.2 Å². The first-order valence-corrected chi connectivity index (χ1v) is 6.82. The number of amides is 1. The second-order valence-corrected chi connectivity index (χ2v) is 5.85. The monoisotopic (exact) mass is 261 g/mol. The number of nitrogens with one attached hydrogen (secondary N) is 2. The van der Waals surface area contributed by atoms with Gasteiger partial charge in [-0.2, -0.15) is 0 Å². The Kier molecular flexibility index (Phi) is 4.22. The molecule has 1 amide bonds. The lowest BCUT2D eigenvalue weighted by molar-refractivity contribution is -0.125. The van der Waals surface area contributed by atoms with E-state index < -0.39 is 5.41 Å². The van der Waals surface area contributed by atoms with Crippen molar-refractivity contribution in [3.05, 3.63) is 35.4 Å². The number of carbonyl (C=O) groups is 1. The van der Waals surface area contributed by atoms with Gasteiger partial charge in [0.15, 0.2) is 0 Å². The summed E-state index contributed by atoms with van der Waals surface area (Å²) in [5, 5.41) is 6.92. The molecule has 0 spiro atoms. The van der Waals surface area contributed by atoms with Crippen molar-refractivity contribution in [2.45, 2.75) is 32.9 Å². The van der Waals surface area contributed by atoms with Gasteiger partial charge in [-0.1, -0.05) is 24.3 Å². The average molecular weight is 261 g/mol. The maximum absolute atomic E-state index is 11.4. The van der Waals surface area contributed by atoms with Crippen molar-refractivity contribution in [3.63, 3.8) is 0 Å². The van der Waals surface area contributed by atoms with Crippen LogP contribution < -0.4 is 16.4 Å². The Balaban J connectivity index is 2.10. The number of carbonyl (C=O) groups excluding carboxylic acids is 1. The minimum absolute atomic E-state index is 0.264. The predicted octanol–water partition coefficient (Wildman–Crippen LogP) is 1.32. The predicted molar refractivity (Wildman–Crippen MR) is 76.5 cm³/mol. The normalized spacial score (nSPS) is 19.6. The summed E-state index contributed by atoms with van der Waals surface area (Å²) in [6.45, 7) is 6.24. The Morgan fingerprint density at radius 1 is 1.47 bits per heavy atom. The standard InChI is InChI=1S/C15H23N3O/c1-15(2,14(16)19)10-18-13-7-8-17-9-11-5-3-4-6-12(11)13/h3-6,13,17-18H,7-10H2,1-2H3,(H2,16,19). The van der Waals surface area contributed by atoms with Crippen LogP contribution in [0.15, 0.2) is 24.3 Å². The molecule has 1 aromatic rings. The Labute approximate surface area is 114 Å². The van der Waals surface area contributed by atoms with E-state index in [2.05, 4.69) is 34.9 Å². The molecular formula is C15H23N3O. The first-order chi connectivity index (χ1) is 9.00. The molecule has 0 saturated carbocycles. The fourth-order valence-corrected chi connectivity index (χ4v) is 2.34. The summed E-state index contributed by atoms with van der Waals surface area (Å²) in [5.41, 5.74) is 7.56. The third-order valence-electron chi connectivity index (χ3n) is 3.81. The summed E-state index contributed by atoms with van der Waals surface area (Å²) in [5.74, 6) is -0.264. The Morgan fingerprint density at radius 2 is 2.21 bits per heavy atom. The van der Waals surface area contributed by atoms with Crippen LogP contribution in [0, 0.1) is 5.41 Å². The van der Waals surface area contributed by atoms with Crippen LogP contribution in [0.2, 0.25) is 0 Å². The largest absolute Gasteiger partial charge is 0.369 e. The molecule has 19 heavy (non-hydrogen) atoms. The van der Waals surface area contributed by atoms with Crippen LogP contribution in [0.5, 0.6) is 0 Å². The van der Waals surface area contributed by atoms with Crippen LogP contribution in [0.3, 0.4) is 0 Å². The van der Waals surface area contributed by atoms with E-state index in [0.717, 1.165) is 19.5 Å². The van der Waals surface area contributed by atoms with Gasteiger partial charge in [0.1, 0.15) is 0 Å². The number of primary amides is 1. The zero-order chi connectivity index (χ0) is 13.9. The van der Waals surface area contributed by atoms with Gasteiger partial charge < -0.3 is 16.4 Å². The smallest absolute Gasteiger partial charge is 0.224 e. The highest BCUT2D eigenvalue weighted by Crippen LogP contribution is 2.24. The van der Waals surface area contributed by atoms with Gasteiger partial charge in [-0.3, -0.25) is 4.79 Å². The van der Waals surface area contributed by atoms with E-state index in [9.17, 15) is 4.79 Å². The highest BCUT2D eigenvalue weighted by Gasteiger charge is 2.27. The van der Waals surface area contributed by atoms with Gasteiger partial charge in [0.05, 0.1) is 5.41 Å². The van der Waals surface area contributed by atoms with Gasteiger partial charge in [0.2, 0.25) is 5.91 Å². The minimum Gasteiger partial charge on any atom is -0.369 e. The van der Waals surface area contributed by atoms with E-state index in [0.29, 0.717) is 6.54 Å². The first-order valence-electron chi connectivity index (χ1n) is 6.82. The molecule has 1 unspecified atom stereocenters. The van der Waals surface area contributed by atoms with Crippen molar-refractivity contribution < 1.29 is 4.79 Å². The zero-order valence-electron chi connectivity index (χ0n) is 11.7. The zero-order valence-corrected chi connectivity index (χ0v) is 11.7. The summed E-state index contributed by atoms with van der Waals surface area (Å²) in [6, 6.07) is 8.73. The molecule has 0 radical (unpaired) electrons. The number of fused-ring (bicyclic) bond motifs is 1. The van der Waals surface area contributed by atoms with Crippen LogP contribution >= 0.6 is 0 Å². The van der Waals surface area contributed by atoms with Crippen LogP contribution in [0.1, 0.15) is 37.4 Å². The summed E-state index contributed by atoms with van der Waals surface area (Å²) in [6.07, 6.45) is 1.02. The Morgan fingerprint density at radius 3 is 2.95 bits per heavy atom. The van der Waals surface area contributed by atoms with Gasteiger partial charge >= 0.3 is 0 Å². The molecule has 4 nitrogen and oxygen atoms in total. The highest BCUT2D eigenvalue weighted by atomic mass is 16.1. The third kappa shape index (κ3) is 3.33. The molecule has 1 atom stereocenters. The van der Waals surface area contributed by atoms with Crippen molar-refractivity contribution in [1.29, 1.82) is 0 Å². The first kappa shape index (κ1) is 14.0. The maximum atomic E-state index is 11.4. The molecule has 0 aliphatic carbocycles. The second kappa shape index (κ2) is 5.72. The van der Waals surface area contributed by atoms with Crippen molar-refractivity contribution in [3.8, 4) is 0 Å². The third-order valence-corrected chi connectivity index (χ3v) is 3.81. The Bertz CT molecular complexity index is 456. The molecule has 0 bridgehead atoms. The summed E-state index contributed by atoms with van der Waals surface area (Å²) in [4.78, 5) is 11.4. The van der Waals surface area contributed by atoms with E-state index >= 15 is 0 Å². The quantitative estimate of drug-likeness (QED) is 0.766. The van der Waals surface area contributed by atoms with Crippen molar-refractivity contribution >= 4 is 5.91 Å². The van der Waals surface area contributed by atoms with E-state index in [1.807, 2.05) is 13.8 Å². The molecule has 4 heteroatoms. The number of nitrogens with two attached hydrogens (primary N) is 1. The van der Waals surface area contributed by atoms with Gasteiger partial charge in [-0.05, 0) is 37.9 Å². The number of hydrogen-bond donors (Lipinski definition) is 3. The molecule has 1 heterocycles. The fraction of sp³-hybridized carbons (Fsp3) is 0.533. The van der Waals surface area contributed by atoms with Crippen molar-refractivity contribution in [1.82, 2.24) is 10.6 Å². The van der Waals surface area contributed by atoms with Crippen LogP contribution in [0.4, 0.5) is 0 Å². The van der Waals surface area contributed by atoms with Gasteiger partial charge in [-0.15, -0.1) is 0 Å². The lowest BCUT2D eigenvalue weighted by Gasteiger charge is -2.26. The van der Waals surface area contributed by atoms with E-state index in [4.69, 9.17) is 5.73 Å². The SMILES string of the molecule is CC(C)(CNC1CCNCc2ccccc21)C(N)=O. The molecular weight excluding hydrogens is 238 g/mol. The van der Waals surface area contributed by atoms with Gasteiger partial charge in [0, 0.05) is 19.1 Å². The van der Waals surface area contributed by atoms with Crippen molar-refractivity contribution in [2.75, 3.05) is 13.1 Å². The molecule has 104 valence electrons. The lowest BCUT2D eigenvalue weighted by atomic mass is 9.91. The lowest BCUT2D eigenvalue weighted by Crippen LogP contribution is -2.41. The highest BCUT2D eigenvalue weighted by molar-refractivity contribution is 5.80. The van der Waals surface area contributed by atoms with Crippen LogP contribution in [-0.4, -0.2) is 19.0 Å². The summed E-state index contributed by atoms with van der Waals surface area (Å²) in [7, 11) is 0. The number of benzene rings is 1. The molecule has 0 aromatic heterocycles. The fourth-order valence-electron chi connectivity index (χ4n) is 2.34. The van der Waals surface area contributed by atoms with E-state index in [1.165, 1.54) is 11.1 Å². The minimum atomic E-state index is -0.519. The molecule has 2 rings (SSSR count). The van der Waals surface area contributed by atoms with Crippen LogP contribution in [0.25, 0.3) is 0 Å². The number of rotatable bonds is 4. The Hall–Kier alpha value is -1.39. The number of hydrogen-bond acceptors (Lipinski definition) is 3. The van der Waals surface area contributed by atoms with Crippen LogP contribution in [-0.2, 0) is 11.3 Å². The molecule has 0 saturated heterocycles. The molecule has 4 N–H and O–H groups in total. The maximum Gasteiger partial charge on any atom is 0.224 e. The van der Waals surface area contributed by atoms with E-state index in [-0.39, 0.29) is 11.9 Å². The molecule has 1 aromatic carbocycles. The average Bonchev–Trinajstić information content (AvgIpc) is 2.58. The second-order valence-electron chi connectivity index (χ2n) is 5.85. The van der Waals surface area contributed by atoms with E-state index in [1.54, 1.807) is 0 Å². The summed E-state index contributed by atoms with van der Waals surface area (Å²) >= 11 is 0. The van der Waals surface area contributed by atoms with Gasteiger partial charge in [0.25, 0.3) is 0 Å². The van der Waals surface area contributed by atoms with Crippen molar-refractivity contribution in [2.24, 2.45) is 11.1 Å². The summed E-state index contributed by atoms with van der Waals surface area (Å²) < 4.78 is 0. The molecule has 1 aliphatic rings. The molecule has 0 fully saturated rings. The van der Waals surface area contributed by atoms with Gasteiger partial charge in [-0.25, -0.2) is 0 Å². The molecule has 1 aliphatic heterocycles.